The molecule has 3 N–H and O–H groups in total. The predicted molar refractivity (Wildman–Crippen MR) is 95.7 cm³/mol. The summed E-state index contributed by atoms with van der Waals surface area (Å²) >= 11 is 0. The van der Waals surface area contributed by atoms with E-state index >= 15 is 0 Å². The van der Waals surface area contributed by atoms with E-state index in [0.29, 0.717) is 5.92 Å². The largest absolute Gasteiger partial charge is 0.394 e. The van der Waals surface area contributed by atoms with Gasteiger partial charge in [0, 0.05) is 18.8 Å². The first-order valence-corrected chi connectivity index (χ1v) is 9.23. The molecule has 0 amide bonds. The van der Waals surface area contributed by atoms with Crippen LogP contribution in [0.25, 0.3) is 0 Å². The van der Waals surface area contributed by atoms with Crippen LogP contribution >= 0.6 is 0 Å². The maximum absolute atomic E-state index is 9.39. The van der Waals surface area contributed by atoms with Crippen molar-refractivity contribution in [3.63, 3.8) is 0 Å². The van der Waals surface area contributed by atoms with Gasteiger partial charge in [0.15, 0.2) is 0 Å². The first-order chi connectivity index (χ1) is 11.2. The summed E-state index contributed by atoms with van der Waals surface area (Å²) in [5.74, 6) is 0.514. The van der Waals surface area contributed by atoms with Crippen molar-refractivity contribution in [1.82, 2.24) is 0 Å². The van der Waals surface area contributed by atoms with Crippen LogP contribution < -0.4 is 5.73 Å². The van der Waals surface area contributed by atoms with Gasteiger partial charge < -0.3 is 15.6 Å². The highest BCUT2D eigenvalue weighted by molar-refractivity contribution is 5.27. The van der Waals surface area contributed by atoms with Crippen LogP contribution in [0.2, 0.25) is 0 Å². The van der Waals surface area contributed by atoms with E-state index in [9.17, 15) is 5.11 Å². The van der Waals surface area contributed by atoms with Crippen LogP contribution in [0.15, 0.2) is 24.3 Å². The van der Waals surface area contributed by atoms with Crippen molar-refractivity contribution < 1.29 is 9.84 Å². The second kappa shape index (κ2) is 9.41. The van der Waals surface area contributed by atoms with E-state index in [-0.39, 0.29) is 12.1 Å². The standard InChI is InChI=1S/C20H33NO2/c1-2-23-14-6-4-3-5-7-17-8-10-18(11-9-17)19-12-13-20(21,15-19)16-22/h8-11,19,22H,2-7,12-16,21H2,1H3/t19-,20+/m0/s1. The van der Waals surface area contributed by atoms with Gasteiger partial charge >= 0.3 is 0 Å². The van der Waals surface area contributed by atoms with E-state index in [0.717, 1.165) is 38.9 Å². The lowest BCUT2D eigenvalue weighted by Crippen LogP contribution is -2.40. The molecule has 1 aromatic carbocycles. The van der Waals surface area contributed by atoms with Crippen molar-refractivity contribution in [1.29, 1.82) is 0 Å². The molecule has 0 aliphatic heterocycles. The second-order valence-corrected chi connectivity index (χ2v) is 7.06. The van der Waals surface area contributed by atoms with Crippen LogP contribution in [0.4, 0.5) is 0 Å². The van der Waals surface area contributed by atoms with Crippen LogP contribution in [0.3, 0.4) is 0 Å². The molecule has 0 saturated heterocycles. The topological polar surface area (TPSA) is 55.5 Å². The summed E-state index contributed by atoms with van der Waals surface area (Å²) in [6.45, 7) is 3.89. The van der Waals surface area contributed by atoms with Crippen LogP contribution in [0, 0.1) is 0 Å². The lowest BCUT2D eigenvalue weighted by molar-refractivity contribution is 0.143. The fourth-order valence-corrected chi connectivity index (χ4v) is 3.57. The number of hydrogen-bond donors (Lipinski definition) is 2. The highest BCUT2D eigenvalue weighted by atomic mass is 16.5. The van der Waals surface area contributed by atoms with Crippen LogP contribution in [0.1, 0.15) is 68.9 Å². The van der Waals surface area contributed by atoms with Gasteiger partial charge in [0.05, 0.1) is 6.61 Å². The molecule has 1 aliphatic rings. The Morgan fingerprint density at radius 1 is 1.17 bits per heavy atom. The first kappa shape index (κ1) is 18.4. The molecule has 0 aromatic heterocycles. The summed E-state index contributed by atoms with van der Waals surface area (Å²) < 4.78 is 5.36. The Morgan fingerprint density at radius 2 is 1.91 bits per heavy atom. The maximum Gasteiger partial charge on any atom is 0.0611 e. The average molecular weight is 319 g/mol. The number of aliphatic hydroxyl groups is 1. The Morgan fingerprint density at radius 3 is 2.57 bits per heavy atom. The SMILES string of the molecule is CCOCCCCCCc1ccc([C@H]2CC[C@](N)(CO)C2)cc1. The maximum atomic E-state index is 9.39. The summed E-state index contributed by atoms with van der Waals surface area (Å²) in [4.78, 5) is 0. The van der Waals surface area contributed by atoms with Gasteiger partial charge in [-0.3, -0.25) is 0 Å². The van der Waals surface area contributed by atoms with Gasteiger partial charge in [-0.15, -0.1) is 0 Å². The van der Waals surface area contributed by atoms with Gasteiger partial charge in [-0.05, 0) is 62.5 Å². The van der Waals surface area contributed by atoms with Gasteiger partial charge in [0.1, 0.15) is 0 Å². The third kappa shape index (κ3) is 5.91. The fraction of sp³-hybridized carbons (Fsp3) is 0.700. The number of nitrogens with two attached hydrogens (primary N) is 1. The normalized spacial score (nSPS) is 24.2. The van der Waals surface area contributed by atoms with E-state index in [1.54, 1.807) is 0 Å². The molecule has 2 rings (SSSR count). The zero-order chi connectivity index (χ0) is 16.5. The lowest BCUT2D eigenvalue weighted by Gasteiger charge is -2.21. The predicted octanol–water partition coefficient (Wildman–Crippen LogP) is 3.78. The number of aliphatic hydroxyl groups excluding tert-OH is 1. The van der Waals surface area contributed by atoms with Crippen molar-refractivity contribution in [3.8, 4) is 0 Å². The van der Waals surface area contributed by atoms with Gasteiger partial charge in [-0.2, -0.15) is 0 Å². The summed E-state index contributed by atoms with van der Waals surface area (Å²) in [5, 5.41) is 9.39. The Kier molecular flexibility index (Phi) is 7.54. The van der Waals surface area contributed by atoms with E-state index < -0.39 is 0 Å². The van der Waals surface area contributed by atoms with Crippen molar-refractivity contribution in [2.75, 3.05) is 19.8 Å². The fourth-order valence-electron chi connectivity index (χ4n) is 3.57. The molecule has 3 nitrogen and oxygen atoms in total. The van der Waals surface area contributed by atoms with E-state index in [2.05, 4.69) is 24.3 Å². The molecule has 23 heavy (non-hydrogen) atoms. The quantitative estimate of drug-likeness (QED) is 0.645. The van der Waals surface area contributed by atoms with Gasteiger partial charge in [-0.1, -0.05) is 37.1 Å². The van der Waals surface area contributed by atoms with Crippen LogP contribution in [0.5, 0.6) is 0 Å². The van der Waals surface area contributed by atoms with E-state index in [1.165, 1.54) is 36.8 Å². The molecule has 130 valence electrons. The number of hydrogen-bond acceptors (Lipinski definition) is 3. The van der Waals surface area contributed by atoms with Crippen molar-refractivity contribution in [2.24, 2.45) is 5.73 Å². The zero-order valence-electron chi connectivity index (χ0n) is 14.6. The highest BCUT2D eigenvalue weighted by Gasteiger charge is 2.35. The van der Waals surface area contributed by atoms with Gasteiger partial charge in [0.2, 0.25) is 0 Å². The number of ether oxygens (including phenoxy) is 1. The number of aryl methyl sites for hydroxylation is 1. The second-order valence-electron chi connectivity index (χ2n) is 7.06. The summed E-state index contributed by atoms with van der Waals surface area (Å²) in [6.07, 6.45) is 9.07. The van der Waals surface area contributed by atoms with E-state index in [4.69, 9.17) is 10.5 Å². The molecule has 2 atom stereocenters. The molecule has 0 radical (unpaired) electrons. The molecule has 3 heteroatoms. The minimum absolute atomic E-state index is 0.102. The van der Waals surface area contributed by atoms with Gasteiger partial charge in [0.25, 0.3) is 0 Å². The summed E-state index contributed by atoms with van der Waals surface area (Å²) in [7, 11) is 0. The average Bonchev–Trinajstić information content (AvgIpc) is 2.98. The molecule has 0 heterocycles. The Bertz CT molecular complexity index is 445. The molecule has 0 spiro atoms. The number of benzene rings is 1. The molecule has 0 unspecified atom stereocenters. The van der Waals surface area contributed by atoms with Gasteiger partial charge in [-0.25, -0.2) is 0 Å². The molecule has 1 saturated carbocycles. The monoisotopic (exact) mass is 319 g/mol. The van der Waals surface area contributed by atoms with Crippen molar-refractivity contribution in [3.05, 3.63) is 35.4 Å². The van der Waals surface area contributed by atoms with E-state index in [1.807, 2.05) is 6.92 Å². The zero-order valence-corrected chi connectivity index (χ0v) is 14.6. The highest BCUT2D eigenvalue weighted by Crippen LogP contribution is 2.39. The number of unbranched alkanes of at least 4 members (excludes halogenated alkanes) is 3. The molecule has 1 aliphatic carbocycles. The molecular formula is C20H33NO2. The Hall–Kier alpha value is -0.900. The molecule has 1 fully saturated rings. The third-order valence-electron chi connectivity index (χ3n) is 5.12. The molecule has 1 aromatic rings. The lowest BCUT2D eigenvalue weighted by atomic mass is 9.92. The Labute approximate surface area is 141 Å². The third-order valence-corrected chi connectivity index (χ3v) is 5.12. The summed E-state index contributed by atoms with van der Waals surface area (Å²) in [5.41, 5.74) is 8.63. The molecular weight excluding hydrogens is 286 g/mol. The summed E-state index contributed by atoms with van der Waals surface area (Å²) in [6, 6.07) is 9.06. The Balaban J connectivity index is 1.69. The minimum atomic E-state index is -0.356. The van der Waals surface area contributed by atoms with Crippen molar-refractivity contribution in [2.45, 2.75) is 69.7 Å². The number of rotatable bonds is 10. The smallest absolute Gasteiger partial charge is 0.0611 e. The first-order valence-electron chi connectivity index (χ1n) is 9.23. The molecule has 0 bridgehead atoms. The van der Waals surface area contributed by atoms with Crippen LogP contribution in [-0.4, -0.2) is 30.5 Å². The van der Waals surface area contributed by atoms with Crippen molar-refractivity contribution >= 4 is 0 Å². The minimum Gasteiger partial charge on any atom is -0.394 e. The van der Waals surface area contributed by atoms with Crippen LogP contribution in [-0.2, 0) is 11.2 Å².